The number of amides is 1. The predicted octanol–water partition coefficient (Wildman–Crippen LogP) is 2.65. The molecule has 1 amide bonds. The van der Waals surface area contributed by atoms with Gasteiger partial charge in [-0.05, 0) is 36.6 Å². The monoisotopic (exact) mass is 360 g/mol. The Hall–Kier alpha value is -1.65. The van der Waals surface area contributed by atoms with E-state index in [0.29, 0.717) is 0 Å². The van der Waals surface area contributed by atoms with Crippen molar-refractivity contribution in [2.45, 2.75) is 11.8 Å². The van der Waals surface area contributed by atoms with Crippen molar-refractivity contribution in [1.82, 2.24) is 5.32 Å². The molecular formula is C18H21BrN2O. The number of carbonyl (C=O) groups is 1. The average molecular weight is 361 g/mol. The first-order chi connectivity index (χ1) is 10.3. The molecule has 116 valence electrons. The van der Waals surface area contributed by atoms with Crippen LogP contribution in [0.1, 0.15) is 17.5 Å². The molecular weight excluding hydrogens is 340 g/mol. The van der Waals surface area contributed by atoms with Crippen LogP contribution in [-0.2, 0) is 10.2 Å². The Bertz CT molecular complexity index is 570. The Morgan fingerprint density at radius 3 is 1.86 bits per heavy atom. The van der Waals surface area contributed by atoms with Crippen molar-refractivity contribution in [3.05, 3.63) is 71.8 Å². The second kappa shape index (κ2) is 7.07. The number of benzene rings is 2. The number of hydrogen-bond acceptors (Lipinski definition) is 2. The van der Waals surface area contributed by atoms with Crippen LogP contribution in [0.4, 0.5) is 0 Å². The van der Waals surface area contributed by atoms with Gasteiger partial charge in [-0.25, -0.2) is 0 Å². The SMILES string of the molecule is Br.NC(=O)C(c1ccccc1)(c1ccccc1)[C@@H]1CCNC1. The van der Waals surface area contributed by atoms with Gasteiger partial charge in [0.15, 0.2) is 0 Å². The Morgan fingerprint density at radius 2 is 1.50 bits per heavy atom. The molecule has 0 spiro atoms. The summed E-state index contributed by atoms with van der Waals surface area (Å²) in [5.41, 5.74) is 7.16. The van der Waals surface area contributed by atoms with Crippen LogP contribution in [0.3, 0.4) is 0 Å². The summed E-state index contributed by atoms with van der Waals surface area (Å²) in [6, 6.07) is 19.9. The summed E-state index contributed by atoms with van der Waals surface area (Å²) in [7, 11) is 0. The highest BCUT2D eigenvalue weighted by atomic mass is 79.9. The van der Waals surface area contributed by atoms with E-state index in [1.165, 1.54) is 0 Å². The normalized spacial score (nSPS) is 17.7. The number of carbonyl (C=O) groups excluding carboxylic acids is 1. The van der Waals surface area contributed by atoms with Crippen molar-refractivity contribution in [2.24, 2.45) is 11.7 Å². The number of nitrogens with two attached hydrogens (primary N) is 1. The van der Waals surface area contributed by atoms with Crippen molar-refractivity contribution >= 4 is 22.9 Å². The van der Waals surface area contributed by atoms with Gasteiger partial charge in [0.2, 0.25) is 5.91 Å². The van der Waals surface area contributed by atoms with Gasteiger partial charge in [0.1, 0.15) is 5.41 Å². The highest BCUT2D eigenvalue weighted by molar-refractivity contribution is 8.93. The zero-order chi connectivity index (χ0) is 14.7. The minimum atomic E-state index is -0.758. The Labute approximate surface area is 141 Å². The summed E-state index contributed by atoms with van der Waals surface area (Å²) in [4.78, 5) is 12.6. The van der Waals surface area contributed by atoms with Crippen LogP contribution in [0.25, 0.3) is 0 Å². The largest absolute Gasteiger partial charge is 0.369 e. The molecule has 1 heterocycles. The van der Waals surface area contributed by atoms with E-state index in [0.717, 1.165) is 30.6 Å². The van der Waals surface area contributed by atoms with Crippen LogP contribution in [0, 0.1) is 5.92 Å². The summed E-state index contributed by atoms with van der Waals surface area (Å²) in [5, 5.41) is 3.36. The molecule has 22 heavy (non-hydrogen) atoms. The maximum atomic E-state index is 12.6. The quantitative estimate of drug-likeness (QED) is 0.880. The van der Waals surface area contributed by atoms with Crippen LogP contribution in [0.2, 0.25) is 0 Å². The van der Waals surface area contributed by atoms with E-state index in [-0.39, 0.29) is 28.8 Å². The summed E-state index contributed by atoms with van der Waals surface area (Å²) in [6.45, 7) is 1.74. The first-order valence-electron chi connectivity index (χ1n) is 7.38. The second-order valence-corrected chi connectivity index (χ2v) is 5.59. The van der Waals surface area contributed by atoms with Gasteiger partial charge in [0.05, 0.1) is 0 Å². The lowest BCUT2D eigenvalue weighted by molar-refractivity contribution is -0.123. The van der Waals surface area contributed by atoms with Crippen molar-refractivity contribution < 1.29 is 4.79 Å². The minimum absolute atomic E-state index is 0. The Morgan fingerprint density at radius 1 is 1.00 bits per heavy atom. The molecule has 1 saturated heterocycles. The molecule has 2 aromatic carbocycles. The van der Waals surface area contributed by atoms with E-state index in [9.17, 15) is 4.79 Å². The maximum Gasteiger partial charge on any atom is 0.232 e. The number of primary amides is 1. The van der Waals surface area contributed by atoms with E-state index in [4.69, 9.17) is 5.73 Å². The van der Waals surface area contributed by atoms with E-state index in [2.05, 4.69) is 5.32 Å². The molecule has 3 nitrogen and oxygen atoms in total. The smallest absolute Gasteiger partial charge is 0.232 e. The summed E-state index contributed by atoms with van der Waals surface area (Å²) < 4.78 is 0. The van der Waals surface area contributed by atoms with Gasteiger partial charge >= 0.3 is 0 Å². The third-order valence-corrected chi connectivity index (χ3v) is 4.52. The van der Waals surface area contributed by atoms with Crippen molar-refractivity contribution in [1.29, 1.82) is 0 Å². The van der Waals surface area contributed by atoms with E-state index < -0.39 is 5.41 Å². The number of nitrogens with one attached hydrogen (secondary N) is 1. The van der Waals surface area contributed by atoms with Gasteiger partial charge in [-0.2, -0.15) is 0 Å². The molecule has 0 unspecified atom stereocenters. The average Bonchev–Trinajstić information content (AvgIpc) is 3.04. The molecule has 0 aromatic heterocycles. The molecule has 1 aliphatic heterocycles. The zero-order valence-electron chi connectivity index (χ0n) is 12.4. The van der Waals surface area contributed by atoms with Gasteiger partial charge in [-0.1, -0.05) is 60.7 Å². The van der Waals surface area contributed by atoms with Gasteiger partial charge in [0.25, 0.3) is 0 Å². The maximum absolute atomic E-state index is 12.6. The van der Waals surface area contributed by atoms with Crippen LogP contribution in [0.15, 0.2) is 60.7 Å². The Kier molecular flexibility index (Phi) is 5.37. The topological polar surface area (TPSA) is 55.1 Å². The number of hydrogen-bond donors (Lipinski definition) is 2. The number of halogens is 1. The molecule has 4 heteroatoms. The first kappa shape index (κ1) is 16.7. The van der Waals surface area contributed by atoms with E-state index >= 15 is 0 Å². The summed E-state index contributed by atoms with van der Waals surface area (Å²) >= 11 is 0. The fourth-order valence-corrected chi connectivity index (χ4v) is 3.55. The first-order valence-corrected chi connectivity index (χ1v) is 7.38. The van der Waals surface area contributed by atoms with E-state index in [1.807, 2.05) is 60.7 Å². The van der Waals surface area contributed by atoms with E-state index in [1.54, 1.807) is 0 Å². The fourth-order valence-electron chi connectivity index (χ4n) is 3.55. The van der Waals surface area contributed by atoms with Crippen molar-refractivity contribution in [3.63, 3.8) is 0 Å². The summed E-state index contributed by atoms with van der Waals surface area (Å²) in [5.74, 6) is -0.0894. The second-order valence-electron chi connectivity index (χ2n) is 5.59. The van der Waals surface area contributed by atoms with Gasteiger partial charge in [0, 0.05) is 0 Å². The van der Waals surface area contributed by atoms with Crippen LogP contribution >= 0.6 is 17.0 Å². The minimum Gasteiger partial charge on any atom is -0.369 e. The van der Waals surface area contributed by atoms with Crippen LogP contribution in [-0.4, -0.2) is 19.0 Å². The molecule has 1 fully saturated rings. The van der Waals surface area contributed by atoms with Gasteiger partial charge < -0.3 is 11.1 Å². The zero-order valence-corrected chi connectivity index (χ0v) is 14.1. The molecule has 0 radical (unpaired) electrons. The molecule has 3 rings (SSSR count). The van der Waals surface area contributed by atoms with Crippen molar-refractivity contribution in [2.75, 3.05) is 13.1 Å². The lowest BCUT2D eigenvalue weighted by atomic mass is 9.65. The molecule has 0 bridgehead atoms. The van der Waals surface area contributed by atoms with Gasteiger partial charge in [-0.3, -0.25) is 4.79 Å². The van der Waals surface area contributed by atoms with Crippen LogP contribution < -0.4 is 11.1 Å². The lowest BCUT2D eigenvalue weighted by Crippen LogP contribution is -2.49. The third-order valence-electron chi connectivity index (χ3n) is 4.52. The number of rotatable bonds is 4. The molecule has 1 aliphatic rings. The molecule has 0 aliphatic carbocycles. The molecule has 3 N–H and O–H groups in total. The molecule has 0 saturated carbocycles. The highest BCUT2D eigenvalue weighted by Crippen LogP contribution is 2.41. The standard InChI is InChI=1S/C18H20N2O.BrH/c19-17(21)18(16-11-12-20-13-16,14-7-3-1-4-8-14)15-9-5-2-6-10-15;/h1-10,16,20H,11-13H2,(H2,19,21);1H/t16-;/m1./s1. The summed E-state index contributed by atoms with van der Waals surface area (Å²) in [6.07, 6.45) is 0.951. The predicted molar refractivity (Wildman–Crippen MR) is 94.2 cm³/mol. The molecule has 1 atom stereocenters. The lowest BCUT2D eigenvalue weighted by Gasteiger charge is -2.37. The Balaban J connectivity index is 0.00000176. The fraction of sp³-hybridized carbons (Fsp3) is 0.278. The molecule has 2 aromatic rings. The van der Waals surface area contributed by atoms with Crippen LogP contribution in [0.5, 0.6) is 0 Å². The third kappa shape index (κ3) is 2.69. The van der Waals surface area contributed by atoms with Crippen molar-refractivity contribution in [3.8, 4) is 0 Å². The highest BCUT2D eigenvalue weighted by Gasteiger charge is 2.48. The van der Waals surface area contributed by atoms with Gasteiger partial charge in [-0.15, -0.1) is 17.0 Å².